The van der Waals surface area contributed by atoms with Crippen LogP contribution in [0.5, 0.6) is 0 Å². The second-order valence-corrected chi connectivity index (χ2v) is 4.69. The van der Waals surface area contributed by atoms with Crippen molar-refractivity contribution in [2.24, 2.45) is 5.92 Å². The molecule has 19 heavy (non-hydrogen) atoms. The summed E-state index contributed by atoms with van der Waals surface area (Å²) in [6.07, 6.45) is 1.45. The minimum Gasteiger partial charge on any atom is -0.465 e. The van der Waals surface area contributed by atoms with Crippen LogP contribution in [0.1, 0.15) is 25.3 Å². The van der Waals surface area contributed by atoms with Gasteiger partial charge in [0, 0.05) is 13.1 Å². The summed E-state index contributed by atoms with van der Waals surface area (Å²) in [5.74, 6) is -1.10. The SMILES string of the molecule is CCOC(=O)[C@H]1CCCN(Cc2ccccc2)C1=O. The molecule has 1 fully saturated rings. The Morgan fingerprint density at radius 1 is 1.37 bits per heavy atom. The highest BCUT2D eigenvalue weighted by atomic mass is 16.5. The van der Waals surface area contributed by atoms with Crippen molar-refractivity contribution in [2.45, 2.75) is 26.3 Å². The largest absolute Gasteiger partial charge is 0.465 e. The topological polar surface area (TPSA) is 46.6 Å². The van der Waals surface area contributed by atoms with Crippen LogP contribution < -0.4 is 0 Å². The van der Waals surface area contributed by atoms with Gasteiger partial charge in [0.1, 0.15) is 5.92 Å². The summed E-state index contributed by atoms with van der Waals surface area (Å²) >= 11 is 0. The average Bonchev–Trinajstić information content (AvgIpc) is 2.42. The first-order valence-corrected chi connectivity index (χ1v) is 6.71. The fraction of sp³-hybridized carbons (Fsp3) is 0.467. The Morgan fingerprint density at radius 2 is 2.11 bits per heavy atom. The van der Waals surface area contributed by atoms with Crippen LogP contribution >= 0.6 is 0 Å². The summed E-state index contributed by atoms with van der Waals surface area (Å²) in [6, 6.07) is 9.82. The number of ether oxygens (including phenoxy) is 1. The maximum absolute atomic E-state index is 12.3. The van der Waals surface area contributed by atoms with Crippen LogP contribution in [-0.4, -0.2) is 29.9 Å². The lowest BCUT2D eigenvalue weighted by atomic mass is 9.96. The van der Waals surface area contributed by atoms with Gasteiger partial charge in [-0.1, -0.05) is 30.3 Å². The van der Waals surface area contributed by atoms with Gasteiger partial charge >= 0.3 is 5.97 Å². The molecule has 0 aliphatic carbocycles. The zero-order valence-electron chi connectivity index (χ0n) is 11.2. The molecule has 1 heterocycles. The molecule has 0 N–H and O–H groups in total. The lowest BCUT2D eigenvalue weighted by molar-refractivity contribution is -0.158. The first-order valence-electron chi connectivity index (χ1n) is 6.71. The standard InChI is InChI=1S/C15H19NO3/c1-2-19-15(18)13-9-6-10-16(14(13)17)11-12-7-4-3-5-8-12/h3-5,7-8,13H,2,6,9-11H2,1H3/t13-/m0/s1. The molecule has 0 radical (unpaired) electrons. The predicted molar refractivity (Wildman–Crippen MR) is 71.2 cm³/mol. The molecule has 0 spiro atoms. The highest BCUT2D eigenvalue weighted by Crippen LogP contribution is 2.21. The number of piperidine rings is 1. The smallest absolute Gasteiger partial charge is 0.318 e. The Morgan fingerprint density at radius 3 is 2.79 bits per heavy atom. The predicted octanol–water partition coefficient (Wildman–Crippen LogP) is 1.99. The van der Waals surface area contributed by atoms with E-state index in [4.69, 9.17) is 4.74 Å². The summed E-state index contributed by atoms with van der Waals surface area (Å²) in [5.41, 5.74) is 1.08. The molecule has 4 nitrogen and oxygen atoms in total. The van der Waals surface area contributed by atoms with Crippen molar-refractivity contribution in [3.05, 3.63) is 35.9 Å². The van der Waals surface area contributed by atoms with Gasteiger partial charge in [-0.25, -0.2) is 0 Å². The van der Waals surface area contributed by atoms with Crippen LogP contribution in [0.2, 0.25) is 0 Å². The second kappa shape index (κ2) is 6.36. The first-order chi connectivity index (χ1) is 9.22. The van der Waals surface area contributed by atoms with Gasteiger partial charge in [-0.05, 0) is 25.3 Å². The first kappa shape index (κ1) is 13.6. The Balaban J connectivity index is 2.02. The molecule has 0 bridgehead atoms. The molecule has 4 heteroatoms. The molecule has 1 aromatic rings. The average molecular weight is 261 g/mol. The number of benzene rings is 1. The fourth-order valence-corrected chi connectivity index (χ4v) is 2.36. The van der Waals surface area contributed by atoms with E-state index in [0.29, 0.717) is 26.1 Å². The Hall–Kier alpha value is -1.84. The lowest BCUT2D eigenvalue weighted by Crippen LogP contribution is -2.44. The van der Waals surface area contributed by atoms with E-state index >= 15 is 0 Å². The molecule has 1 aromatic carbocycles. The molecular formula is C15H19NO3. The monoisotopic (exact) mass is 261 g/mol. The molecule has 1 amide bonds. The van der Waals surface area contributed by atoms with E-state index in [9.17, 15) is 9.59 Å². The molecule has 1 atom stereocenters. The summed E-state index contributed by atoms with van der Waals surface area (Å²) in [5, 5.41) is 0. The van der Waals surface area contributed by atoms with Crippen LogP contribution in [0.3, 0.4) is 0 Å². The van der Waals surface area contributed by atoms with Crippen molar-refractivity contribution in [3.63, 3.8) is 0 Å². The third-order valence-corrected chi connectivity index (χ3v) is 3.32. The molecule has 1 aliphatic rings. The summed E-state index contributed by atoms with van der Waals surface area (Å²) in [7, 11) is 0. The van der Waals surface area contributed by atoms with Crippen LogP contribution in [0.25, 0.3) is 0 Å². The van der Waals surface area contributed by atoms with Crippen LogP contribution in [0.4, 0.5) is 0 Å². The van der Waals surface area contributed by atoms with E-state index in [1.807, 2.05) is 30.3 Å². The van der Waals surface area contributed by atoms with Gasteiger partial charge in [0.2, 0.25) is 5.91 Å². The van der Waals surface area contributed by atoms with Gasteiger partial charge in [0.05, 0.1) is 6.61 Å². The molecule has 0 unspecified atom stereocenters. The fourth-order valence-electron chi connectivity index (χ4n) is 2.36. The quantitative estimate of drug-likeness (QED) is 0.615. The molecule has 1 saturated heterocycles. The maximum atomic E-state index is 12.3. The van der Waals surface area contributed by atoms with Crippen LogP contribution in [0.15, 0.2) is 30.3 Å². The lowest BCUT2D eigenvalue weighted by Gasteiger charge is -2.31. The zero-order valence-corrected chi connectivity index (χ0v) is 11.2. The van der Waals surface area contributed by atoms with E-state index < -0.39 is 5.92 Å². The van der Waals surface area contributed by atoms with Gasteiger partial charge in [-0.3, -0.25) is 9.59 Å². The maximum Gasteiger partial charge on any atom is 0.318 e. The van der Waals surface area contributed by atoms with Gasteiger partial charge in [-0.2, -0.15) is 0 Å². The van der Waals surface area contributed by atoms with Crippen molar-refractivity contribution in [2.75, 3.05) is 13.2 Å². The summed E-state index contributed by atoms with van der Waals surface area (Å²) in [6.45, 7) is 3.35. The van der Waals surface area contributed by atoms with Gasteiger partial charge in [0.25, 0.3) is 0 Å². The van der Waals surface area contributed by atoms with Gasteiger partial charge < -0.3 is 9.64 Å². The minimum atomic E-state index is -0.614. The van der Waals surface area contributed by atoms with Gasteiger partial charge in [0.15, 0.2) is 0 Å². The zero-order chi connectivity index (χ0) is 13.7. The number of nitrogens with zero attached hydrogens (tertiary/aromatic N) is 1. The third-order valence-electron chi connectivity index (χ3n) is 3.32. The van der Waals surface area contributed by atoms with E-state index in [-0.39, 0.29) is 11.9 Å². The number of amides is 1. The second-order valence-electron chi connectivity index (χ2n) is 4.69. The number of esters is 1. The van der Waals surface area contributed by atoms with E-state index in [1.54, 1.807) is 11.8 Å². The number of likely N-dealkylation sites (tertiary alicyclic amines) is 1. The molecular weight excluding hydrogens is 242 g/mol. The summed E-state index contributed by atoms with van der Waals surface area (Å²) < 4.78 is 4.96. The van der Waals surface area contributed by atoms with E-state index in [0.717, 1.165) is 12.0 Å². The highest BCUT2D eigenvalue weighted by molar-refractivity contribution is 5.98. The van der Waals surface area contributed by atoms with Crippen molar-refractivity contribution < 1.29 is 14.3 Å². The third kappa shape index (κ3) is 3.34. The van der Waals surface area contributed by atoms with Gasteiger partial charge in [-0.15, -0.1) is 0 Å². The molecule has 1 aliphatic heterocycles. The molecule has 2 rings (SSSR count). The number of carbonyl (C=O) groups excluding carboxylic acids is 2. The number of carbonyl (C=O) groups is 2. The van der Waals surface area contributed by atoms with Crippen LogP contribution in [0, 0.1) is 5.92 Å². The van der Waals surface area contributed by atoms with Crippen molar-refractivity contribution in [1.82, 2.24) is 4.90 Å². The molecule has 102 valence electrons. The number of hydrogen-bond acceptors (Lipinski definition) is 3. The molecule has 0 saturated carbocycles. The van der Waals surface area contributed by atoms with E-state index in [1.165, 1.54) is 0 Å². The number of hydrogen-bond donors (Lipinski definition) is 0. The normalized spacial score (nSPS) is 19.3. The Bertz CT molecular complexity index is 444. The Labute approximate surface area is 113 Å². The number of rotatable bonds is 4. The van der Waals surface area contributed by atoms with E-state index in [2.05, 4.69) is 0 Å². The Kier molecular flexibility index (Phi) is 4.55. The highest BCUT2D eigenvalue weighted by Gasteiger charge is 2.34. The summed E-state index contributed by atoms with van der Waals surface area (Å²) in [4.78, 5) is 25.8. The minimum absolute atomic E-state index is 0.103. The van der Waals surface area contributed by atoms with Crippen molar-refractivity contribution >= 4 is 11.9 Å². The molecule has 0 aromatic heterocycles. The van der Waals surface area contributed by atoms with Crippen molar-refractivity contribution in [3.8, 4) is 0 Å². The van der Waals surface area contributed by atoms with Crippen molar-refractivity contribution in [1.29, 1.82) is 0 Å². The van der Waals surface area contributed by atoms with Crippen LogP contribution in [-0.2, 0) is 20.9 Å².